The number of benzene rings is 2. The van der Waals surface area contributed by atoms with Crippen molar-refractivity contribution in [1.29, 1.82) is 10.5 Å². The highest BCUT2D eigenvalue weighted by Crippen LogP contribution is 2.38. The average Bonchev–Trinajstić information content (AvgIpc) is 3.14. The quantitative estimate of drug-likeness (QED) is 0.521. The summed E-state index contributed by atoms with van der Waals surface area (Å²) in [5, 5.41) is 19.6. The molecule has 1 aliphatic rings. The number of hydrogen-bond acceptors (Lipinski definition) is 5. The molecule has 5 nitrogen and oxygen atoms in total. The number of aromatic nitrogens is 1. The van der Waals surface area contributed by atoms with Crippen molar-refractivity contribution in [3.05, 3.63) is 95.9 Å². The van der Waals surface area contributed by atoms with Crippen LogP contribution in [0, 0.1) is 22.7 Å². The van der Waals surface area contributed by atoms with Crippen LogP contribution >= 0.6 is 11.3 Å². The molecular weight excluding hydrogens is 506 g/mol. The maximum atomic E-state index is 13.4. The molecule has 3 aromatic rings. The van der Waals surface area contributed by atoms with Crippen molar-refractivity contribution in [2.75, 3.05) is 0 Å². The number of thiazole rings is 1. The molecule has 2 aromatic carbocycles. The van der Waals surface area contributed by atoms with Crippen LogP contribution in [-0.4, -0.2) is 4.57 Å². The minimum Gasteiger partial charge on any atom is -0.384 e. The summed E-state index contributed by atoms with van der Waals surface area (Å²) in [5.41, 5.74) is 2.26. The molecule has 0 aliphatic carbocycles. The largest absolute Gasteiger partial charge is 0.416 e. The van der Waals surface area contributed by atoms with Crippen LogP contribution in [0.5, 0.6) is 0 Å². The fourth-order valence-corrected chi connectivity index (χ4v) is 5.02. The van der Waals surface area contributed by atoms with Crippen LogP contribution < -0.4 is 20.5 Å². The molecule has 12 heteroatoms. The lowest BCUT2D eigenvalue weighted by atomic mass is 9.84. The van der Waals surface area contributed by atoms with E-state index in [2.05, 4.69) is 0 Å². The third kappa shape index (κ3) is 4.16. The maximum absolute atomic E-state index is 13.4. The van der Waals surface area contributed by atoms with E-state index in [4.69, 9.17) is 5.73 Å². The summed E-state index contributed by atoms with van der Waals surface area (Å²) >= 11 is 0.655. The van der Waals surface area contributed by atoms with Gasteiger partial charge in [0, 0.05) is 0 Å². The molecule has 0 saturated heterocycles. The highest BCUT2D eigenvalue weighted by atomic mass is 32.1. The lowest BCUT2D eigenvalue weighted by Crippen LogP contribution is -2.38. The summed E-state index contributed by atoms with van der Waals surface area (Å²) in [5.74, 6) is -1.73. The molecule has 0 saturated carbocycles. The van der Waals surface area contributed by atoms with Crippen LogP contribution in [0.4, 0.5) is 26.3 Å². The summed E-state index contributed by atoms with van der Waals surface area (Å²) in [4.78, 5) is 13.1. The van der Waals surface area contributed by atoms with Crippen molar-refractivity contribution < 1.29 is 26.3 Å². The Morgan fingerprint density at radius 3 is 2.22 bits per heavy atom. The number of nitriles is 2. The second-order valence-corrected chi connectivity index (χ2v) is 8.66. The summed E-state index contributed by atoms with van der Waals surface area (Å²) in [7, 11) is 0. The summed E-state index contributed by atoms with van der Waals surface area (Å²) in [6.45, 7) is 0. The molecule has 1 unspecified atom stereocenters. The zero-order valence-corrected chi connectivity index (χ0v) is 18.6. The van der Waals surface area contributed by atoms with Crippen molar-refractivity contribution in [2.45, 2.75) is 18.3 Å². The summed E-state index contributed by atoms with van der Waals surface area (Å²) < 4.78 is 80.7. The third-order valence-electron chi connectivity index (χ3n) is 5.49. The molecule has 0 radical (unpaired) electrons. The second-order valence-electron chi connectivity index (χ2n) is 7.63. The molecule has 0 spiro atoms. The number of allylic oxidation sites excluding steroid dienone is 1. The Balaban J connectivity index is 2.04. The van der Waals surface area contributed by atoms with E-state index >= 15 is 0 Å². The number of rotatable bonds is 2. The number of nitrogens with two attached hydrogens (primary N) is 1. The summed E-state index contributed by atoms with van der Waals surface area (Å²) in [6, 6.07) is 12.2. The van der Waals surface area contributed by atoms with Gasteiger partial charge < -0.3 is 5.73 Å². The molecular formula is C24H12F6N4OS. The Bertz CT molecular complexity index is 1680. The molecule has 1 atom stereocenters. The average molecular weight is 518 g/mol. The van der Waals surface area contributed by atoms with Gasteiger partial charge in [0.15, 0.2) is 0 Å². The van der Waals surface area contributed by atoms with Gasteiger partial charge in [-0.1, -0.05) is 36.4 Å². The molecule has 2 heterocycles. The fraction of sp³-hybridized carbons (Fsp3) is 0.125. The molecule has 182 valence electrons. The Morgan fingerprint density at radius 2 is 1.61 bits per heavy atom. The Hall–Kier alpha value is -4.29. The first kappa shape index (κ1) is 24.8. The van der Waals surface area contributed by atoms with Gasteiger partial charge in [0.25, 0.3) is 5.56 Å². The topological polar surface area (TPSA) is 95.6 Å². The van der Waals surface area contributed by atoms with E-state index < -0.39 is 40.8 Å². The van der Waals surface area contributed by atoms with Crippen LogP contribution in [0.15, 0.2) is 58.9 Å². The fourth-order valence-electron chi connectivity index (χ4n) is 3.90. The van der Waals surface area contributed by atoms with Crippen LogP contribution in [-0.2, 0) is 12.4 Å². The first-order valence-corrected chi connectivity index (χ1v) is 10.8. The Morgan fingerprint density at radius 1 is 0.944 bits per heavy atom. The van der Waals surface area contributed by atoms with E-state index in [0.29, 0.717) is 11.3 Å². The SMILES string of the molecule is N#CC1=C(N)n2c(s/c(=C\c3ccccc3C(F)(F)F)c2=O)=C(C#N)C1c1cccc(C(F)(F)F)c1. The standard InChI is InChI=1S/C24H12F6N4OS/c25-23(26,27)14-6-3-5-13(8-14)19-15(10-31)20(33)34-21(35)18(36-22(34)16(19)11-32)9-12-4-1-2-7-17(12)24(28,29)30/h1-9,19H,33H2/b18-9-. The molecule has 0 amide bonds. The van der Waals surface area contributed by atoms with E-state index in [1.807, 2.05) is 6.07 Å². The Labute approximate surface area is 202 Å². The van der Waals surface area contributed by atoms with Gasteiger partial charge in [-0.15, -0.1) is 11.3 Å². The van der Waals surface area contributed by atoms with Gasteiger partial charge in [-0.05, 0) is 29.3 Å². The number of nitrogens with zero attached hydrogens (tertiary/aromatic N) is 3. The van der Waals surface area contributed by atoms with E-state index in [9.17, 15) is 41.7 Å². The van der Waals surface area contributed by atoms with Crippen molar-refractivity contribution >= 4 is 28.8 Å². The lowest BCUT2D eigenvalue weighted by Gasteiger charge is -2.23. The number of alkyl halides is 6. The van der Waals surface area contributed by atoms with Gasteiger partial charge >= 0.3 is 12.4 Å². The van der Waals surface area contributed by atoms with Gasteiger partial charge in [0.1, 0.15) is 10.5 Å². The van der Waals surface area contributed by atoms with Crippen molar-refractivity contribution in [3.8, 4) is 12.1 Å². The molecule has 4 rings (SSSR count). The van der Waals surface area contributed by atoms with Crippen molar-refractivity contribution in [3.63, 3.8) is 0 Å². The number of halogens is 6. The molecule has 1 aromatic heterocycles. The minimum atomic E-state index is -4.70. The lowest BCUT2D eigenvalue weighted by molar-refractivity contribution is -0.138. The van der Waals surface area contributed by atoms with Crippen LogP contribution in [0.2, 0.25) is 0 Å². The zero-order valence-electron chi connectivity index (χ0n) is 17.8. The van der Waals surface area contributed by atoms with Gasteiger partial charge in [0.2, 0.25) is 0 Å². The predicted octanol–water partition coefficient (Wildman–Crippen LogP) is 3.90. The molecule has 0 fully saturated rings. The van der Waals surface area contributed by atoms with Gasteiger partial charge in [-0.25, -0.2) is 0 Å². The zero-order chi connectivity index (χ0) is 26.4. The smallest absolute Gasteiger partial charge is 0.384 e. The monoisotopic (exact) mass is 518 g/mol. The van der Waals surface area contributed by atoms with E-state index in [-0.39, 0.29) is 31.5 Å². The predicted molar refractivity (Wildman–Crippen MR) is 119 cm³/mol. The maximum Gasteiger partial charge on any atom is 0.416 e. The highest BCUT2D eigenvalue weighted by molar-refractivity contribution is 7.07. The van der Waals surface area contributed by atoms with E-state index in [1.54, 1.807) is 6.07 Å². The van der Waals surface area contributed by atoms with E-state index in [1.165, 1.54) is 18.2 Å². The highest BCUT2D eigenvalue weighted by Gasteiger charge is 2.36. The van der Waals surface area contributed by atoms with Gasteiger partial charge in [-0.2, -0.15) is 36.9 Å². The number of fused-ring (bicyclic) bond motifs is 1. The molecule has 1 aliphatic heterocycles. The summed E-state index contributed by atoms with van der Waals surface area (Å²) in [6.07, 6.45) is -8.40. The van der Waals surface area contributed by atoms with Crippen molar-refractivity contribution in [1.82, 2.24) is 4.57 Å². The Kier molecular flexibility index (Phi) is 6.02. The van der Waals surface area contributed by atoms with E-state index in [0.717, 1.165) is 41.0 Å². The van der Waals surface area contributed by atoms with Crippen molar-refractivity contribution in [2.24, 2.45) is 5.73 Å². The van der Waals surface area contributed by atoms with Crippen LogP contribution in [0.3, 0.4) is 0 Å². The molecule has 36 heavy (non-hydrogen) atoms. The third-order valence-corrected chi connectivity index (χ3v) is 6.60. The normalized spacial score (nSPS) is 16.5. The first-order valence-electron chi connectivity index (χ1n) is 10.00. The minimum absolute atomic E-state index is 0.0547. The van der Waals surface area contributed by atoms with Gasteiger partial charge in [-0.3, -0.25) is 9.36 Å². The first-order chi connectivity index (χ1) is 16.9. The van der Waals surface area contributed by atoms with Crippen LogP contribution in [0.25, 0.3) is 17.5 Å². The van der Waals surface area contributed by atoms with Crippen LogP contribution in [0.1, 0.15) is 28.2 Å². The number of hydrogen-bond donors (Lipinski definition) is 1. The van der Waals surface area contributed by atoms with Gasteiger partial charge in [0.05, 0.1) is 44.9 Å². The molecule has 0 bridgehead atoms. The molecule has 2 N–H and O–H groups in total. The second kappa shape index (κ2) is 8.73.